The van der Waals surface area contributed by atoms with E-state index in [0.29, 0.717) is 0 Å². The number of likely N-dealkylation sites (tertiary alicyclic amines) is 1. The van der Waals surface area contributed by atoms with Gasteiger partial charge in [-0.1, -0.05) is 35.9 Å². The molecule has 9 heteroatoms. The number of aliphatic carboxylic acids is 1. The van der Waals surface area contributed by atoms with Gasteiger partial charge in [0.25, 0.3) is 0 Å². The fourth-order valence-corrected chi connectivity index (χ4v) is 6.03. The van der Waals surface area contributed by atoms with Crippen molar-refractivity contribution >= 4 is 15.8 Å². The molecule has 29 heavy (non-hydrogen) atoms. The van der Waals surface area contributed by atoms with E-state index in [4.69, 9.17) is 0 Å². The minimum absolute atomic E-state index is 0.0510. The van der Waals surface area contributed by atoms with Crippen molar-refractivity contribution in [1.29, 1.82) is 0 Å². The van der Waals surface area contributed by atoms with Crippen LogP contribution in [-0.2, 0) is 14.6 Å². The molecule has 3 atom stereocenters. The van der Waals surface area contributed by atoms with Gasteiger partial charge in [0.1, 0.15) is 6.04 Å². The minimum Gasteiger partial charge on any atom is -0.481 e. The predicted molar refractivity (Wildman–Crippen MR) is 101 cm³/mol. The lowest BCUT2D eigenvalue weighted by Crippen LogP contribution is -2.63. The van der Waals surface area contributed by atoms with Crippen LogP contribution in [0, 0.1) is 12.8 Å². The number of aryl methyl sites for hydroxylation is 1. The molecule has 1 aromatic carbocycles. The number of rotatable bonds is 4. The van der Waals surface area contributed by atoms with Crippen molar-refractivity contribution in [2.45, 2.75) is 48.2 Å². The van der Waals surface area contributed by atoms with Crippen LogP contribution in [0.25, 0.3) is 0 Å². The van der Waals surface area contributed by atoms with Gasteiger partial charge >= 0.3 is 12.1 Å². The van der Waals surface area contributed by atoms with Gasteiger partial charge in [0.15, 0.2) is 4.87 Å². The quantitative estimate of drug-likeness (QED) is 0.790. The van der Waals surface area contributed by atoms with E-state index in [1.807, 2.05) is 0 Å². The first-order valence-electron chi connectivity index (χ1n) is 9.21. The first-order valence-corrected chi connectivity index (χ1v) is 10.7. The van der Waals surface area contributed by atoms with Gasteiger partial charge in [0.2, 0.25) is 9.84 Å². The predicted octanol–water partition coefficient (Wildman–Crippen LogP) is 3.71. The van der Waals surface area contributed by atoms with Crippen LogP contribution in [0.3, 0.4) is 0 Å². The Labute approximate surface area is 167 Å². The number of piperidine rings is 1. The molecular formula is C20H22F3NO4S. The molecule has 1 N–H and O–H groups in total. The third-order valence-corrected chi connectivity index (χ3v) is 7.99. The molecule has 1 saturated heterocycles. The van der Waals surface area contributed by atoms with Crippen LogP contribution in [0.1, 0.15) is 24.8 Å². The molecule has 3 unspecified atom stereocenters. The normalized spacial score (nSPS) is 28.4. The lowest BCUT2D eigenvalue weighted by molar-refractivity contribution is -0.204. The number of benzene rings is 1. The molecule has 3 rings (SSSR count). The number of hydrogen-bond donors (Lipinski definition) is 1. The highest BCUT2D eigenvalue weighted by Crippen LogP contribution is 2.45. The lowest BCUT2D eigenvalue weighted by Gasteiger charge is -2.49. The van der Waals surface area contributed by atoms with Gasteiger partial charge in [-0.15, -0.1) is 0 Å². The van der Waals surface area contributed by atoms with Gasteiger partial charge < -0.3 is 5.11 Å². The Kier molecular flexibility index (Phi) is 5.66. The van der Waals surface area contributed by atoms with Crippen molar-refractivity contribution in [3.8, 4) is 0 Å². The molecular weight excluding hydrogens is 407 g/mol. The van der Waals surface area contributed by atoms with Crippen LogP contribution in [0.2, 0.25) is 0 Å². The van der Waals surface area contributed by atoms with E-state index < -0.39 is 45.2 Å². The van der Waals surface area contributed by atoms with E-state index in [9.17, 15) is 31.5 Å². The van der Waals surface area contributed by atoms with Crippen molar-refractivity contribution < 1.29 is 31.5 Å². The minimum atomic E-state index is -4.76. The second-order valence-corrected chi connectivity index (χ2v) is 9.65. The molecule has 1 fully saturated rings. The zero-order valence-corrected chi connectivity index (χ0v) is 16.6. The van der Waals surface area contributed by atoms with Crippen LogP contribution in [0.5, 0.6) is 0 Å². The molecule has 0 saturated carbocycles. The number of carboxylic acid groups (broad SMARTS) is 1. The number of nitrogens with zero attached hydrogens (tertiary/aromatic N) is 1. The maximum Gasteiger partial charge on any atom is 0.404 e. The molecule has 158 valence electrons. The van der Waals surface area contributed by atoms with Crippen molar-refractivity contribution in [1.82, 2.24) is 4.90 Å². The Morgan fingerprint density at radius 2 is 1.86 bits per heavy atom. The van der Waals surface area contributed by atoms with E-state index in [-0.39, 0.29) is 24.3 Å². The summed E-state index contributed by atoms with van der Waals surface area (Å²) in [5, 5.41) is 9.22. The molecule has 0 bridgehead atoms. The summed E-state index contributed by atoms with van der Waals surface area (Å²) in [5.41, 5.74) is 0.826. The fourth-order valence-electron chi connectivity index (χ4n) is 4.03. The molecule has 5 nitrogen and oxygen atoms in total. The lowest BCUT2D eigenvalue weighted by atomic mass is 9.88. The number of sulfone groups is 1. The molecule has 1 aliphatic carbocycles. The molecule has 0 amide bonds. The van der Waals surface area contributed by atoms with Gasteiger partial charge in [-0.25, -0.2) is 8.42 Å². The summed E-state index contributed by atoms with van der Waals surface area (Å²) in [5.74, 6) is -2.46. The Morgan fingerprint density at radius 1 is 1.21 bits per heavy atom. The van der Waals surface area contributed by atoms with Crippen LogP contribution < -0.4 is 0 Å². The average Bonchev–Trinajstić information content (AvgIpc) is 2.67. The van der Waals surface area contributed by atoms with Gasteiger partial charge in [0, 0.05) is 13.0 Å². The van der Waals surface area contributed by atoms with Gasteiger partial charge in [-0.3, -0.25) is 9.69 Å². The molecule has 0 spiro atoms. The summed E-state index contributed by atoms with van der Waals surface area (Å²) in [4.78, 5) is 10.2. The largest absolute Gasteiger partial charge is 0.481 e. The van der Waals surface area contributed by atoms with E-state index in [1.165, 1.54) is 30.4 Å². The second kappa shape index (κ2) is 7.60. The maximum atomic E-state index is 13.9. The third kappa shape index (κ3) is 3.85. The van der Waals surface area contributed by atoms with Crippen molar-refractivity contribution in [3.63, 3.8) is 0 Å². The number of hydrogen-bond acceptors (Lipinski definition) is 4. The highest BCUT2D eigenvalue weighted by molar-refractivity contribution is 7.93. The third-order valence-electron chi connectivity index (χ3n) is 5.63. The van der Waals surface area contributed by atoms with Gasteiger partial charge in [0.05, 0.1) is 10.8 Å². The van der Waals surface area contributed by atoms with Crippen molar-refractivity contribution in [2.24, 2.45) is 5.92 Å². The molecule has 0 aromatic heterocycles. The van der Waals surface area contributed by atoms with Crippen molar-refractivity contribution in [2.75, 3.05) is 6.54 Å². The van der Waals surface area contributed by atoms with Crippen LogP contribution in [0.15, 0.2) is 53.5 Å². The number of carboxylic acids is 1. The standard InChI is InChI=1S/C20H22F3NO4S/c1-14-5-7-16(8-6-14)29(27,28)19(10-3-2-4-11-19)24-12-9-15(18(25)26)13-17(24)20(21,22)23/h2-8,10,15,17H,9,11-13H2,1H3,(H,25,26). The SMILES string of the molecule is Cc1ccc(S(=O)(=O)C2(N3CCC(C(=O)O)CC3C(F)(F)F)C=CC=CC2)cc1. The summed E-state index contributed by atoms with van der Waals surface area (Å²) in [6.45, 7) is 1.50. The van der Waals surface area contributed by atoms with E-state index in [2.05, 4.69) is 0 Å². The Bertz CT molecular complexity index is 937. The smallest absolute Gasteiger partial charge is 0.404 e. The van der Waals surface area contributed by atoms with Gasteiger partial charge in [-0.2, -0.15) is 13.2 Å². The first kappa shape index (κ1) is 21.6. The molecule has 1 aliphatic heterocycles. The Morgan fingerprint density at radius 3 is 2.38 bits per heavy atom. The Hall–Kier alpha value is -2.13. The van der Waals surface area contributed by atoms with E-state index in [0.717, 1.165) is 10.5 Å². The van der Waals surface area contributed by atoms with Gasteiger partial charge in [-0.05, 0) is 38.0 Å². The average molecular weight is 429 g/mol. The molecule has 2 aliphatic rings. The van der Waals surface area contributed by atoms with Crippen LogP contribution in [-0.4, -0.2) is 48.0 Å². The second-order valence-electron chi connectivity index (χ2n) is 7.46. The van der Waals surface area contributed by atoms with E-state index >= 15 is 0 Å². The number of alkyl halides is 3. The first-order chi connectivity index (χ1) is 13.5. The van der Waals surface area contributed by atoms with Crippen molar-refractivity contribution in [3.05, 3.63) is 54.1 Å². The zero-order valence-electron chi connectivity index (χ0n) is 15.8. The van der Waals surface area contributed by atoms with Crippen LogP contribution in [0.4, 0.5) is 13.2 Å². The highest BCUT2D eigenvalue weighted by atomic mass is 32.2. The number of halogens is 3. The number of allylic oxidation sites excluding steroid dienone is 2. The topological polar surface area (TPSA) is 74.7 Å². The summed E-state index contributed by atoms with van der Waals surface area (Å²) in [7, 11) is -4.23. The highest BCUT2D eigenvalue weighted by Gasteiger charge is 2.58. The Balaban J connectivity index is 2.13. The number of carbonyl (C=O) groups is 1. The van der Waals surface area contributed by atoms with Crippen LogP contribution >= 0.6 is 0 Å². The summed E-state index contributed by atoms with van der Waals surface area (Å²) in [6, 6.07) is 3.81. The molecule has 1 heterocycles. The summed E-state index contributed by atoms with van der Waals surface area (Å²) < 4.78 is 69.0. The zero-order chi connectivity index (χ0) is 21.4. The monoisotopic (exact) mass is 429 g/mol. The maximum absolute atomic E-state index is 13.9. The van der Waals surface area contributed by atoms with E-state index in [1.54, 1.807) is 25.1 Å². The summed E-state index contributed by atoms with van der Waals surface area (Å²) >= 11 is 0. The fraction of sp³-hybridized carbons (Fsp3) is 0.450. The summed E-state index contributed by atoms with van der Waals surface area (Å²) in [6.07, 6.45) is 0.209. The molecule has 1 aromatic rings. The molecule has 0 radical (unpaired) electrons.